The zero-order chi connectivity index (χ0) is 21.1. The molecule has 0 saturated carbocycles. The maximum absolute atomic E-state index is 13.0. The SMILES string of the molecule is COCc1[nH]n(-c2ccc(Cl)cc2)c(=O)c1/C=C1\NC(=O)N(CC=C(C)C)C1=O. The molecule has 3 rings (SSSR count). The normalized spacial score (nSPS) is 15.2. The van der Waals surface area contributed by atoms with E-state index in [-0.39, 0.29) is 30.0 Å². The smallest absolute Gasteiger partial charge is 0.329 e. The summed E-state index contributed by atoms with van der Waals surface area (Å²) in [7, 11) is 1.50. The lowest BCUT2D eigenvalue weighted by atomic mass is 10.2. The number of aromatic amines is 1. The number of urea groups is 1. The van der Waals surface area contributed by atoms with Crippen LogP contribution < -0.4 is 10.9 Å². The summed E-state index contributed by atoms with van der Waals surface area (Å²) in [6.45, 7) is 4.05. The standard InChI is InChI=1S/C20H21ClN4O4/c1-12(2)8-9-24-19(27)16(22-20(24)28)10-15-17(11-29-3)23-25(18(15)26)14-6-4-13(21)5-7-14/h4-8,10,23H,9,11H2,1-3H3,(H,22,28)/b16-10-. The molecule has 8 nitrogen and oxygen atoms in total. The molecule has 1 aliphatic heterocycles. The number of hydrogen-bond donors (Lipinski definition) is 2. The molecule has 2 aromatic rings. The number of hydrogen-bond acceptors (Lipinski definition) is 4. The van der Waals surface area contributed by atoms with E-state index in [0.717, 1.165) is 10.5 Å². The molecule has 0 atom stereocenters. The Bertz CT molecular complexity index is 1060. The number of carbonyl (C=O) groups is 2. The molecule has 0 unspecified atom stereocenters. The van der Waals surface area contributed by atoms with E-state index in [9.17, 15) is 14.4 Å². The molecule has 1 aliphatic rings. The van der Waals surface area contributed by atoms with Crippen molar-refractivity contribution in [2.24, 2.45) is 0 Å². The first-order chi connectivity index (χ1) is 13.8. The van der Waals surface area contributed by atoms with Crippen molar-refractivity contribution < 1.29 is 14.3 Å². The van der Waals surface area contributed by atoms with Gasteiger partial charge in [0.05, 0.1) is 23.6 Å². The first kappa shape index (κ1) is 20.6. The number of allylic oxidation sites excluding steroid dienone is 1. The van der Waals surface area contributed by atoms with Crippen molar-refractivity contribution in [3.05, 3.63) is 68.2 Å². The number of H-pyrrole nitrogens is 1. The highest BCUT2D eigenvalue weighted by Crippen LogP contribution is 2.17. The third-order valence-corrected chi connectivity index (χ3v) is 4.56. The highest BCUT2D eigenvalue weighted by atomic mass is 35.5. The average molecular weight is 417 g/mol. The van der Waals surface area contributed by atoms with Crippen molar-refractivity contribution >= 4 is 29.6 Å². The summed E-state index contributed by atoms with van der Waals surface area (Å²) in [6, 6.07) is 6.19. The summed E-state index contributed by atoms with van der Waals surface area (Å²) >= 11 is 5.91. The highest BCUT2D eigenvalue weighted by Gasteiger charge is 2.33. The number of carbonyl (C=O) groups excluding carboxylic acids is 2. The van der Waals surface area contributed by atoms with Crippen LogP contribution in [0.3, 0.4) is 0 Å². The molecular weight excluding hydrogens is 396 g/mol. The largest absolute Gasteiger partial charge is 0.378 e. The number of rotatable bonds is 6. The van der Waals surface area contributed by atoms with E-state index in [1.54, 1.807) is 30.3 Å². The Morgan fingerprint density at radius 3 is 2.48 bits per heavy atom. The van der Waals surface area contributed by atoms with Gasteiger partial charge in [-0.2, -0.15) is 0 Å². The molecule has 9 heteroatoms. The second-order valence-corrected chi connectivity index (χ2v) is 7.18. The Balaban J connectivity index is 2.01. The molecule has 0 aliphatic carbocycles. The van der Waals surface area contributed by atoms with Crippen LogP contribution in [-0.2, 0) is 16.1 Å². The second kappa shape index (κ2) is 8.50. The molecule has 2 N–H and O–H groups in total. The Kier molecular flexibility index (Phi) is 6.05. The van der Waals surface area contributed by atoms with Crippen molar-refractivity contribution in [1.82, 2.24) is 20.0 Å². The number of ether oxygens (including phenoxy) is 1. The zero-order valence-corrected chi connectivity index (χ0v) is 17.0. The summed E-state index contributed by atoms with van der Waals surface area (Å²) in [6.07, 6.45) is 3.16. The molecule has 1 fully saturated rings. The van der Waals surface area contributed by atoms with Crippen LogP contribution in [0.15, 0.2) is 46.4 Å². The average Bonchev–Trinajstić information content (AvgIpc) is 3.12. The minimum absolute atomic E-state index is 0.0360. The van der Waals surface area contributed by atoms with Gasteiger partial charge in [-0.05, 0) is 44.2 Å². The minimum Gasteiger partial charge on any atom is -0.378 e. The van der Waals surface area contributed by atoms with Gasteiger partial charge in [0, 0.05) is 18.7 Å². The second-order valence-electron chi connectivity index (χ2n) is 6.74. The molecule has 1 aromatic carbocycles. The maximum Gasteiger partial charge on any atom is 0.329 e. The van der Waals surface area contributed by atoms with Gasteiger partial charge in [0.15, 0.2) is 0 Å². The monoisotopic (exact) mass is 416 g/mol. The summed E-state index contributed by atoms with van der Waals surface area (Å²) in [5.74, 6) is -0.491. The van der Waals surface area contributed by atoms with Crippen LogP contribution in [0, 0.1) is 0 Å². The van der Waals surface area contributed by atoms with Gasteiger partial charge in [0.25, 0.3) is 11.5 Å². The topological polar surface area (TPSA) is 96.4 Å². The number of nitrogens with one attached hydrogen (secondary N) is 2. The van der Waals surface area contributed by atoms with Crippen molar-refractivity contribution in [2.75, 3.05) is 13.7 Å². The molecular formula is C20H21ClN4O4. The molecule has 1 saturated heterocycles. The lowest BCUT2D eigenvalue weighted by molar-refractivity contribution is -0.122. The fraction of sp³-hybridized carbons (Fsp3) is 0.250. The van der Waals surface area contributed by atoms with E-state index < -0.39 is 11.9 Å². The lowest BCUT2D eigenvalue weighted by Crippen LogP contribution is -2.31. The fourth-order valence-corrected chi connectivity index (χ4v) is 2.95. The molecule has 1 aromatic heterocycles. The molecule has 3 amide bonds. The zero-order valence-electron chi connectivity index (χ0n) is 16.3. The third-order valence-electron chi connectivity index (χ3n) is 4.31. The van der Waals surface area contributed by atoms with Gasteiger partial charge >= 0.3 is 6.03 Å². The van der Waals surface area contributed by atoms with Gasteiger partial charge in [-0.3, -0.25) is 19.6 Å². The Labute approximate surface area is 172 Å². The number of halogens is 1. The molecule has 0 spiro atoms. The van der Waals surface area contributed by atoms with Crippen LogP contribution in [0.2, 0.25) is 5.02 Å². The van der Waals surface area contributed by atoms with Crippen molar-refractivity contribution in [3.63, 3.8) is 0 Å². The number of methoxy groups -OCH3 is 1. The molecule has 0 bridgehead atoms. The number of amides is 3. The van der Waals surface area contributed by atoms with Crippen LogP contribution in [0.5, 0.6) is 0 Å². The van der Waals surface area contributed by atoms with Gasteiger partial charge in [0.1, 0.15) is 5.70 Å². The summed E-state index contributed by atoms with van der Waals surface area (Å²) in [4.78, 5) is 38.8. The Hall–Kier alpha value is -3.10. The van der Waals surface area contributed by atoms with Gasteiger partial charge in [-0.1, -0.05) is 23.3 Å². The summed E-state index contributed by atoms with van der Waals surface area (Å²) in [5, 5.41) is 6.06. The van der Waals surface area contributed by atoms with Gasteiger partial charge in [0.2, 0.25) is 0 Å². The van der Waals surface area contributed by atoms with Crippen LogP contribution in [0.1, 0.15) is 25.1 Å². The Morgan fingerprint density at radius 2 is 1.86 bits per heavy atom. The maximum atomic E-state index is 13.0. The van der Waals surface area contributed by atoms with Gasteiger partial charge in [-0.15, -0.1) is 0 Å². The van der Waals surface area contributed by atoms with Gasteiger partial charge < -0.3 is 10.1 Å². The summed E-state index contributed by atoms with van der Waals surface area (Å²) in [5.41, 5.74) is 1.93. The molecule has 2 heterocycles. The molecule has 0 radical (unpaired) electrons. The van der Waals surface area contributed by atoms with Gasteiger partial charge in [-0.25, -0.2) is 9.48 Å². The van der Waals surface area contributed by atoms with Crippen LogP contribution in [0.25, 0.3) is 11.8 Å². The van der Waals surface area contributed by atoms with Crippen LogP contribution in [0.4, 0.5) is 4.79 Å². The number of imide groups is 1. The minimum atomic E-state index is -0.527. The molecule has 152 valence electrons. The Morgan fingerprint density at radius 1 is 1.17 bits per heavy atom. The first-order valence-corrected chi connectivity index (χ1v) is 9.26. The van der Waals surface area contributed by atoms with E-state index in [0.29, 0.717) is 16.4 Å². The summed E-state index contributed by atoms with van der Waals surface area (Å²) < 4.78 is 6.50. The quantitative estimate of drug-likeness (QED) is 0.430. The number of aromatic nitrogens is 2. The first-order valence-electron chi connectivity index (χ1n) is 8.88. The van der Waals surface area contributed by atoms with Crippen LogP contribution in [-0.4, -0.2) is 40.3 Å². The van der Waals surface area contributed by atoms with Crippen molar-refractivity contribution in [2.45, 2.75) is 20.5 Å². The van der Waals surface area contributed by atoms with E-state index >= 15 is 0 Å². The van der Waals surface area contributed by atoms with E-state index in [2.05, 4.69) is 10.4 Å². The third kappa shape index (κ3) is 4.33. The van der Waals surface area contributed by atoms with Crippen LogP contribution >= 0.6 is 11.6 Å². The number of nitrogens with zero attached hydrogens (tertiary/aromatic N) is 2. The van der Waals surface area contributed by atoms with E-state index in [4.69, 9.17) is 16.3 Å². The van der Waals surface area contributed by atoms with E-state index in [1.807, 2.05) is 13.8 Å². The predicted molar refractivity (Wildman–Crippen MR) is 110 cm³/mol. The predicted octanol–water partition coefficient (Wildman–Crippen LogP) is 2.82. The van der Waals surface area contributed by atoms with E-state index in [1.165, 1.54) is 17.9 Å². The lowest BCUT2D eigenvalue weighted by Gasteiger charge is -2.08. The fourth-order valence-electron chi connectivity index (χ4n) is 2.83. The number of benzene rings is 1. The highest BCUT2D eigenvalue weighted by molar-refractivity contribution is 6.30. The van der Waals surface area contributed by atoms with Crippen molar-refractivity contribution in [3.8, 4) is 5.69 Å². The van der Waals surface area contributed by atoms with Crippen molar-refractivity contribution in [1.29, 1.82) is 0 Å². The molecule has 29 heavy (non-hydrogen) atoms.